The number of carbonyl (C=O) groups is 1. The summed E-state index contributed by atoms with van der Waals surface area (Å²) in [6.45, 7) is 10.3. The maximum Gasteiger partial charge on any atom is 0.343 e. The normalized spacial score (nSPS) is 11.3. The predicted molar refractivity (Wildman–Crippen MR) is 86.0 cm³/mol. The van der Waals surface area contributed by atoms with E-state index >= 15 is 0 Å². The zero-order chi connectivity index (χ0) is 15.6. The molecule has 0 saturated heterocycles. The topological polar surface area (TPSA) is 26.3 Å². The lowest BCUT2D eigenvalue weighted by Crippen LogP contribution is -2.17. The second kappa shape index (κ2) is 5.72. The highest BCUT2D eigenvalue weighted by Crippen LogP contribution is 2.32. The number of hydrogen-bond donors (Lipinski definition) is 0. The second-order valence-corrected chi connectivity index (χ2v) is 6.45. The van der Waals surface area contributed by atoms with Gasteiger partial charge in [0.2, 0.25) is 0 Å². The SMILES string of the molecule is Cc1ccc(OC(=O)c2ccccc2C)c(C(C)(C)C)c1. The summed E-state index contributed by atoms with van der Waals surface area (Å²) in [4.78, 5) is 12.4. The Balaban J connectivity index is 2.36. The Morgan fingerprint density at radius 2 is 1.67 bits per heavy atom. The van der Waals surface area contributed by atoms with E-state index in [0.717, 1.165) is 16.7 Å². The molecule has 0 radical (unpaired) electrons. The predicted octanol–water partition coefficient (Wildman–Crippen LogP) is 4.82. The van der Waals surface area contributed by atoms with Crippen LogP contribution in [0.1, 0.15) is 47.8 Å². The average molecular weight is 282 g/mol. The number of carbonyl (C=O) groups excluding carboxylic acids is 1. The van der Waals surface area contributed by atoms with Gasteiger partial charge >= 0.3 is 5.97 Å². The molecule has 0 aromatic heterocycles. The van der Waals surface area contributed by atoms with E-state index < -0.39 is 0 Å². The standard InChI is InChI=1S/C19H22O2/c1-13-10-11-17(16(12-13)19(3,4)5)21-18(20)15-9-7-6-8-14(15)2/h6-12H,1-5H3. The average Bonchev–Trinajstić information content (AvgIpc) is 2.40. The van der Waals surface area contributed by atoms with Crippen molar-refractivity contribution in [2.24, 2.45) is 0 Å². The maximum absolute atomic E-state index is 12.4. The second-order valence-electron chi connectivity index (χ2n) is 6.45. The minimum atomic E-state index is -0.303. The van der Waals surface area contributed by atoms with Gasteiger partial charge in [0.25, 0.3) is 0 Å². The van der Waals surface area contributed by atoms with Crippen LogP contribution >= 0.6 is 0 Å². The summed E-state index contributed by atoms with van der Waals surface area (Å²) < 4.78 is 5.65. The quantitative estimate of drug-likeness (QED) is 0.583. The Hall–Kier alpha value is -2.09. The Bertz CT molecular complexity index is 664. The Morgan fingerprint density at radius 1 is 1.00 bits per heavy atom. The molecule has 0 aliphatic heterocycles. The molecule has 0 atom stereocenters. The lowest BCUT2D eigenvalue weighted by molar-refractivity contribution is 0.0731. The van der Waals surface area contributed by atoms with Crippen LogP contribution in [0.5, 0.6) is 5.75 Å². The lowest BCUT2D eigenvalue weighted by atomic mass is 9.85. The van der Waals surface area contributed by atoms with E-state index in [1.54, 1.807) is 6.07 Å². The fraction of sp³-hybridized carbons (Fsp3) is 0.316. The van der Waals surface area contributed by atoms with Crippen LogP contribution in [0.3, 0.4) is 0 Å². The number of rotatable bonds is 2. The molecule has 0 bridgehead atoms. The Morgan fingerprint density at radius 3 is 2.29 bits per heavy atom. The first kappa shape index (κ1) is 15.3. The molecule has 110 valence electrons. The van der Waals surface area contributed by atoms with Gasteiger partial charge in [-0.3, -0.25) is 0 Å². The van der Waals surface area contributed by atoms with Gasteiger partial charge in [-0.2, -0.15) is 0 Å². The molecule has 2 nitrogen and oxygen atoms in total. The van der Waals surface area contributed by atoms with Crippen molar-refractivity contribution in [3.8, 4) is 5.75 Å². The zero-order valence-electron chi connectivity index (χ0n) is 13.4. The van der Waals surface area contributed by atoms with Crippen molar-refractivity contribution < 1.29 is 9.53 Å². The minimum absolute atomic E-state index is 0.0760. The molecule has 2 aromatic carbocycles. The number of aryl methyl sites for hydroxylation is 2. The number of hydrogen-bond acceptors (Lipinski definition) is 2. The molecule has 0 aliphatic carbocycles. The highest BCUT2D eigenvalue weighted by molar-refractivity contribution is 5.92. The van der Waals surface area contributed by atoms with E-state index in [1.807, 2.05) is 44.2 Å². The van der Waals surface area contributed by atoms with Gasteiger partial charge in [-0.25, -0.2) is 4.79 Å². The van der Waals surface area contributed by atoms with E-state index in [9.17, 15) is 4.79 Å². The van der Waals surface area contributed by atoms with Gasteiger partial charge < -0.3 is 4.74 Å². The third-order valence-corrected chi connectivity index (χ3v) is 3.51. The van der Waals surface area contributed by atoms with Crippen LogP contribution in [0.4, 0.5) is 0 Å². The largest absolute Gasteiger partial charge is 0.423 e. The van der Waals surface area contributed by atoms with Crippen molar-refractivity contribution in [3.05, 3.63) is 64.7 Å². The molecule has 0 heterocycles. The van der Waals surface area contributed by atoms with Crippen LogP contribution in [-0.4, -0.2) is 5.97 Å². The first-order valence-corrected chi connectivity index (χ1v) is 7.18. The van der Waals surface area contributed by atoms with Gasteiger partial charge in [0, 0.05) is 5.56 Å². The Labute approximate surface area is 126 Å². The summed E-state index contributed by atoms with van der Waals surface area (Å²) >= 11 is 0. The number of ether oxygens (including phenoxy) is 1. The first-order valence-electron chi connectivity index (χ1n) is 7.18. The molecule has 0 aliphatic rings. The van der Waals surface area contributed by atoms with Crippen molar-refractivity contribution in [3.63, 3.8) is 0 Å². The molecular weight excluding hydrogens is 260 g/mol. The fourth-order valence-electron chi connectivity index (χ4n) is 2.28. The summed E-state index contributed by atoms with van der Waals surface area (Å²) in [5.74, 6) is 0.337. The van der Waals surface area contributed by atoms with Crippen LogP contribution in [0, 0.1) is 13.8 Å². The van der Waals surface area contributed by atoms with Gasteiger partial charge in [0.1, 0.15) is 5.75 Å². The van der Waals surface area contributed by atoms with Crippen molar-refractivity contribution in [2.75, 3.05) is 0 Å². The smallest absolute Gasteiger partial charge is 0.343 e. The highest BCUT2D eigenvalue weighted by atomic mass is 16.5. The van der Waals surface area contributed by atoms with Gasteiger partial charge in [0.15, 0.2) is 0 Å². The van der Waals surface area contributed by atoms with E-state index in [2.05, 4.69) is 26.8 Å². The number of esters is 1. The van der Waals surface area contributed by atoms with Crippen molar-refractivity contribution in [1.82, 2.24) is 0 Å². The molecule has 2 rings (SSSR count). The van der Waals surface area contributed by atoms with Crippen LogP contribution in [0.15, 0.2) is 42.5 Å². The van der Waals surface area contributed by atoms with E-state index in [1.165, 1.54) is 0 Å². The summed E-state index contributed by atoms with van der Waals surface area (Å²) in [6, 6.07) is 13.4. The molecule has 2 heteroatoms. The van der Waals surface area contributed by atoms with Crippen LogP contribution in [-0.2, 0) is 5.41 Å². The summed E-state index contributed by atoms with van der Waals surface area (Å²) in [6.07, 6.45) is 0. The summed E-state index contributed by atoms with van der Waals surface area (Å²) in [5, 5.41) is 0. The monoisotopic (exact) mass is 282 g/mol. The summed E-state index contributed by atoms with van der Waals surface area (Å²) in [5.41, 5.74) is 3.66. The maximum atomic E-state index is 12.4. The molecule has 0 unspecified atom stereocenters. The molecule has 2 aromatic rings. The molecular formula is C19H22O2. The zero-order valence-corrected chi connectivity index (χ0v) is 13.4. The van der Waals surface area contributed by atoms with Gasteiger partial charge in [-0.05, 0) is 37.0 Å². The van der Waals surface area contributed by atoms with Gasteiger partial charge in [-0.1, -0.05) is 56.7 Å². The molecule has 0 saturated carbocycles. The van der Waals surface area contributed by atoms with Gasteiger partial charge in [0.05, 0.1) is 5.56 Å². The third kappa shape index (κ3) is 3.52. The van der Waals surface area contributed by atoms with Gasteiger partial charge in [-0.15, -0.1) is 0 Å². The van der Waals surface area contributed by atoms with E-state index in [4.69, 9.17) is 4.74 Å². The van der Waals surface area contributed by atoms with Crippen LogP contribution in [0.2, 0.25) is 0 Å². The fourth-order valence-corrected chi connectivity index (χ4v) is 2.28. The lowest BCUT2D eigenvalue weighted by Gasteiger charge is -2.23. The Kier molecular flexibility index (Phi) is 4.17. The van der Waals surface area contributed by atoms with Crippen LogP contribution in [0.25, 0.3) is 0 Å². The highest BCUT2D eigenvalue weighted by Gasteiger charge is 2.21. The van der Waals surface area contributed by atoms with Crippen LogP contribution < -0.4 is 4.74 Å². The minimum Gasteiger partial charge on any atom is -0.423 e. The first-order chi connectivity index (χ1) is 9.79. The molecule has 0 fully saturated rings. The number of benzene rings is 2. The van der Waals surface area contributed by atoms with Crippen molar-refractivity contribution in [1.29, 1.82) is 0 Å². The third-order valence-electron chi connectivity index (χ3n) is 3.51. The van der Waals surface area contributed by atoms with E-state index in [0.29, 0.717) is 11.3 Å². The molecule has 21 heavy (non-hydrogen) atoms. The molecule has 0 amide bonds. The van der Waals surface area contributed by atoms with Crippen molar-refractivity contribution in [2.45, 2.75) is 40.0 Å². The summed E-state index contributed by atoms with van der Waals surface area (Å²) in [7, 11) is 0. The van der Waals surface area contributed by atoms with E-state index in [-0.39, 0.29) is 11.4 Å². The van der Waals surface area contributed by atoms with Crippen molar-refractivity contribution >= 4 is 5.97 Å². The molecule has 0 N–H and O–H groups in total. The molecule has 0 spiro atoms.